The van der Waals surface area contributed by atoms with Crippen LogP contribution in [0.2, 0.25) is 0 Å². The smallest absolute Gasteiger partial charge is 0.488 e. The average Bonchev–Trinajstić information content (AvgIpc) is 3.10. The number of benzene rings is 2. The third kappa shape index (κ3) is 4.40. The lowest BCUT2D eigenvalue weighted by molar-refractivity contribution is -0.275. The highest BCUT2D eigenvalue weighted by Crippen LogP contribution is 2.35. The number of rotatable bonds is 6. The summed E-state index contributed by atoms with van der Waals surface area (Å²) in [5.41, 5.74) is 1.41. The van der Waals surface area contributed by atoms with Crippen LogP contribution in [-0.4, -0.2) is 16.5 Å². The zero-order chi connectivity index (χ0) is 20.3. The zero-order valence-corrected chi connectivity index (χ0v) is 14.8. The molecule has 9 heteroatoms. The Morgan fingerprint density at radius 2 is 1.79 bits per heavy atom. The van der Waals surface area contributed by atoms with Gasteiger partial charge in [0, 0.05) is 11.8 Å². The number of hydrogen-bond donors (Lipinski definition) is 1. The van der Waals surface area contributed by atoms with E-state index in [1.54, 1.807) is 42.7 Å². The van der Waals surface area contributed by atoms with Gasteiger partial charge in [-0.25, -0.2) is 0 Å². The lowest BCUT2D eigenvalue weighted by Gasteiger charge is -2.14. The quantitative estimate of drug-likeness (QED) is 0.464. The molecule has 0 unspecified atom stereocenters. The highest BCUT2D eigenvalue weighted by molar-refractivity contribution is 5.95. The molecule has 2 aromatic carbocycles. The number of fused-ring (bicyclic) bond motifs is 1. The van der Waals surface area contributed by atoms with Gasteiger partial charge < -0.3 is 19.3 Å². The Labute approximate surface area is 162 Å². The Balaban J connectivity index is 1.60. The lowest BCUT2D eigenvalue weighted by atomic mass is 10.2. The minimum Gasteiger partial charge on any atom is -0.488 e. The summed E-state index contributed by atoms with van der Waals surface area (Å²) < 4.78 is 53.0. The van der Waals surface area contributed by atoms with Gasteiger partial charge in [0.05, 0.1) is 11.9 Å². The van der Waals surface area contributed by atoms with E-state index < -0.39 is 6.36 Å². The van der Waals surface area contributed by atoms with Crippen LogP contribution in [-0.2, 0) is 6.61 Å². The fourth-order valence-corrected chi connectivity index (χ4v) is 2.74. The molecule has 4 rings (SSSR count). The molecule has 0 fully saturated rings. The summed E-state index contributed by atoms with van der Waals surface area (Å²) in [5, 5.41) is 7.65. The van der Waals surface area contributed by atoms with Crippen molar-refractivity contribution in [3.05, 3.63) is 72.6 Å². The van der Waals surface area contributed by atoms with Crippen LogP contribution < -0.4 is 14.8 Å². The maximum Gasteiger partial charge on any atom is 0.573 e. The number of hydrogen-bond acceptors (Lipinski definition) is 6. The molecule has 0 aliphatic heterocycles. The summed E-state index contributed by atoms with van der Waals surface area (Å²) >= 11 is 0. The van der Waals surface area contributed by atoms with Crippen LogP contribution in [0.3, 0.4) is 0 Å². The van der Waals surface area contributed by atoms with Gasteiger partial charge in [-0.05, 0) is 30.3 Å². The Kier molecular flexibility index (Phi) is 4.94. The van der Waals surface area contributed by atoms with E-state index in [4.69, 9.17) is 9.26 Å². The summed E-state index contributed by atoms with van der Waals surface area (Å²) in [4.78, 5) is 4.02. The molecular weight excluding hydrogens is 387 g/mol. The predicted octanol–water partition coefficient (Wildman–Crippen LogP) is 5.44. The lowest BCUT2D eigenvalue weighted by Crippen LogP contribution is -2.18. The molecule has 2 aromatic heterocycles. The van der Waals surface area contributed by atoms with Gasteiger partial charge in [-0.2, -0.15) is 0 Å². The van der Waals surface area contributed by atoms with E-state index in [1.165, 1.54) is 18.2 Å². The van der Waals surface area contributed by atoms with Crippen molar-refractivity contribution >= 4 is 22.5 Å². The summed E-state index contributed by atoms with van der Waals surface area (Å²) in [6.07, 6.45) is -1.53. The van der Waals surface area contributed by atoms with Crippen LogP contribution in [0.5, 0.6) is 11.5 Å². The minimum absolute atomic E-state index is 0.136. The second kappa shape index (κ2) is 7.70. The van der Waals surface area contributed by atoms with Crippen molar-refractivity contribution in [2.75, 3.05) is 5.32 Å². The van der Waals surface area contributed by atoms with Gasteiger partial charge in [-0.1, -0.05) is 29.4 Å². The van der Waals surface area contributed by atoms with Crippen molar-refractivity contribution < 1.29 is 27.2 Å². The van der Waals surface area contributed by atoms with E-state index in [9.17, 15) is 13.2 Å². The molecule has 4 aromatic rings. The molecule has 148 valence electrons. The molecule has 0 bridgehead atoms. The van der Waals surface area contributed by atoms with Gasteiger partial charge in [0.2, 0.25) is 0 Å². The summed E-state index contributed by atoms with van der Waals surface area (Å²) in [6.45, 7) is -0.136. The molecule has 0 aliphatic carbocycles. The summed E-state index contributed by atoms with van der Waals surface area (Å²) in [6, 6.07) is 14.5. The Hall–Kier alpha value is -3.75. The van der Waals surface area contributed by atoms with Gasteiger partial charge in [0.15, 0.2) is 11.4 Å². The number of nitrogens with zero attached hydrogens (tertiary/aromatic N) is 2. The van der Waals surface area contributed by atoms with Gasteiger partial charge in [-0.3, -0.25) is 4.98 Å². The van der Waals surface area contributed by atoms with Gasteiger partial charge >= 0.3 is 6.36 Å². The number of anilines is 2. The SMILES string of the molecule is FC(F)(F)Oc1ccccc1COc1cccc2onc(Nc3cccnc3)c12. The van der Waals surface area contributed by atoms with E-state index in [2.05, 4.69) is 20.2 Å². The number of pyridine rings is 1. The second-order valence-electron chi connectivity index (χ2n) is 5.97. The highest BCUT2D eigenvalue weighted by atomic mass is 19.4. The average molecular weight is 401 g/mol. The molecule has 0 saturated carbocycles. The van der Waals surface area contributed by atoms with Gasteiger partial charge in [0.25, 0.3) is 0 Å². The van der Waals surface area contributed by atoms with Crippen LogP contribution in [0.4, 0.5) is 24.7 Å². The van der Waals surface area contributed by atoms with Gasteiger partial charge in [-0.15, -0.1) is 13.2 Å². The van der Waals surface area contributed by atoms with E-state index in [0.29, 0.717) is 28.2 Å². The van der Waals surface area contributed by atoms with Crippen molar-refractivity contribution in [3.8, 4) is 11.5 Å². The molecule has 0 spiro atoms. The first kappa shape index (κ1) is 18.6. The second-order valence-corrected chi connectivity index (χ2v) is 5.97. The first-order valence-electron chi connectivity index (χ1n) is 8.51. The van der Waals surface area contributed by atoms with E-state index in [1.807, 2.05) is 6.07 Å². The molecule has 0 amide bonds. The third-order valence-corrected chi connectivity index (χ3v) is 3.97. The predicted molar refractivity (Wildman–Crippen MR) is 99.0 cm³/mol. The minimum atomic E-state index is -4.79. The van der Waals surface area contributed by atoms with Crippen LogP contribution in [0, 0.1) is 0 Å². The van der Waals surface area contributed by atoms with Gasteiger partial charge in [0.1, 0.15) is 23.5 Å². The molecular formula is C20H14F3N3O3. The van der Waals surface area contributed by atoms with Crippen LogP contribution >= 0.6 is 0 Å². The fourth-order valence-electron chi connectivity index (χ4n) is 2.74. The van der Waals surface area contributed by atoms with Crippen molar-refractivity contribution in [3.63, 3.8) is 0 Å². The Morgan fingerprint density at radius 3 is 2.59 bits per heavy atom. The number of para-hydroxylation sites is 1. The highest BCUT2D eigenvalue weighted by Gasteiger charge is 2.32. The molecule has 0 aliphatic rings. The third-order valence-electron chi connectivity index (χ3n) is 3.97. The van der Waals surface area contributed by atoms with Crippen molar-refractivity contribution in [2.24, 2.45) is 0 Å². The topological polar surface area (TPSA) is 69.4 Å². The van der Waals surface area contributed by atoms with E-state index in [0.717, 1.165) is 0 Å². The normalized spacial score (nSPS) is 11.4. The molecule has 0 saturated heterocycles. The fraction of sp³-hybridized carbons (Fsp3) is 0.100. The van der Waals surface area contributed by atoms with Crippen molar-refractivity contribution in [1.82, 2.24) is 10.1 Å². The number of aromatic nitrogens is 2. The number of nitrogens with one attached hydrogen (secondary N) is 1. The van der Waals surface area contributed by atoms with E-state index in [-0.39, 0.29) is 17.9 Å². The van der Waals surface area contributed by atoms with E-state index >= 15 is 0 Å². The number of ether oxygens (including phenoxy) is 2. The molecule has 0 atom stereocenters. The van der Waals surface area contributed by atoms with Crippen molar-refractivity contribution in [2.45, 2.75) is 13.0 Å². The maximum atomic E-state index is 12.6. The molecule has 1 N–H and O–H groups in total. The standard InChI is InChI=1S/C20H14F3N3O3/c21-20(22,23)28-15-7-2-1-5-13(15)12-27-16-8-3-9-17-18(16)19(26-29-17)25-14-6-4-10-24-11-14/h1-11H,12H2,(H,25,26). The molecule has 2 heterocycles. The van der Waals surface area contributed by atoms with Crippen LogP contribution in [0.1, 0.15) is 5.56 Å². The van der Waals surface area contributed by atoms with Crippen molar-refractivity contribution in [1.29, 1.82) is 0 Å². The zero-order valence-electron chi connectivity index (χ0n) is 14.8. The Bertz CT molecular complexity index is 1110. The molecule has 29 heavy (non-hydrogen) atoms. The first-order valence-corrected chi connectivity index (χ1v) is 8.51. The largest absolute Gasteiger partial charge is 0.573 e. The summed E-state index contributed by atoms with van der Waals surface area (Å²) in [5.74, 6) is 0.492. The monoisotopic (exact) mass is 401 g/mol. The van der Waals surface area contributed by atoms with Crippen LogP contribution in [0.25, 0.3) is 11.0 Å². The molecule has 0 radical (unpaired) electrons. The maximum absolute atomic E-state index is 12.6. The molecule has 6 nitrogen and oxygen atoms in total. The summed E-state index contributed by atoms with van der Waals surface area (Å²) in [7, 11) is 0. The Morgan fingerprint density at radius 1 is 0.966 bits per heavy atom. The van der Waals surface area contributed by atoms with Crippen LogP contribution in [0.15, 0.2) is 71.5 Å². The number of halogens is 3. The first-order chi connectivity index (χ1) is 14.0. The number of alkyl halides is 3.